The molecule has 6 heteroatoms. The maximum Gasteiger partial charge on any atom is 0.243 e. The maximum absolute atomic E-state index is 13.4. The minimum absolute atomic E-state index is 0.0685. The van der Waals surface area contributed by atoms with Crippen molar-refractivity contribution in [1.29, 1.82) is 0 Å². The van der Waals surface area contributed by atoms with Gasteiger partial charge in [0.05, 0.1) is 6.42 Å². The topological polar surface area (TPSA) is 49.4 Å². The number of nitrogens with one attached hydrogen (secondary N) is 1. The number of amides is 2. The molecule has 0 aliphatic heterocycles. The average molecular weight is 461 g/mol. The number of carbonyl (C=O) groups is 2. The first kappa shape index (κ1) is 23.6. The van der Waals surface area contributed by atoms with Crippen LogP contribution in [0, 0.1) is 0 Å². The largest absolute Gasteiger partial charge is 0.352 e. The number of nitrogens with zero attached hydrogens (tertiary/aromatic N) is 1. The predicted octanol–water partition coefficient (Wildman–Crippen LogP) is 5.44. The van der Waals surface area contributed by atoms with Crippen LogP contribution >= 0.6 is 23.2 Å². The second-order valence-corrected chi connectivity index (χ2v) is 8.93. The maximum atomic E-state index is 13.4. The number of carbonyl (C=O) groups excluding carboxylic acids is 2. The molecule has 3 rings (SSSR count). The van der Waals surface area contributed by atoms with E-state index in [2.05, 4.69) is 5.32 Å². The summed E-state index contributed by atoms with van der Waals surface area (Å²) in [5.74, 6) is -0.208. The van der Waals surface area contributed by atoms with Crippen LogP contribution in [0.3, 0.4) is 0 Å². The van der Waals surface area contributed by atoms with Gasteiger partial charge in [-0.15, -0.1) is 0 Å². The van der Waals surface area contributed by atoms with Gasteiger partial charge in [-0.25, -0.2) is 0 Å². The van der Waals surface area contributed by atoms with Gasteiger partial charge < -0.3 is 10.2 Å². The molecule has 1 atom stereocenters. The molecule has 2 aromatic rings. The molecule has 1 saturated carbocycles. The summed E-state index contributed by atoms with van der Waals surface area (Å²) >= 11 is 12.6. The lowest BCUT2D eigenvalue weighted by Gasteiger charge is -2.31. The first-order chi connectivity index (χ1) is 15.0. The molecule has 0 spiro atoms. The molecule has 1 N–H and O–H groups in total. The molecule has 0 saturated heterocycles. The average Bonchev–Trinajstić information content (AvgIpc) is 3.27. The van der Waals surface area contributed by atoms with Crippen LogP contribution in [-0.2, 0) is 22.4 Å². The molecule has 1 aliphatic rings. The Morgan fingerprint density at radius 2 is 1.68 bits per heavy atom. The van der Waals surface area contributed by atoms with Crippen molar-refractivity contribution in [3.05, 3.63) is 69.7 Å². The van der Waals surface area contributed by atoms with Crippen molar-refractivity contribution in [2.75, 3.05) is 6.54 Å². The van der Waals surface area contributed by atoms with Crippen molar-refractivity contribution < 1.29 is 9.59 Å². The van der Waals surface area contributed by atoms with Crippen LogP contribution in [0.4, 0.5) is 0 Å². The number of hydrogen-bond donors (Lipinski definition) is 1. The molecular formula is C25H30Cl2N2O2. The lowest BCUT2D eigenvalue weighted by Crippen LogP contribution is -2.52. The van der Waals surface area contributed by atoms with Crippen molar-refractivity contribution in [2.45, 2.75) is 64.0 Å². The van der Waals surface area contributed by atoms with E-state index in [0.29, 0.717) is 35.0 Å². The predicted molar refractivity (Wildman–Crippen MR) is 127 cm³/mol. The van der Waals surface area contributed by atoms with Gasteiger partial charge in [0.2, 0.25) is 11.8 Å². The summed E-state index contributed by atoms with van der Waals surface area (Å²) in [5.41, 5.74) is 1.73. The van der Waals surface area contributed by atoms with E-state index in [-0.39, 0.29) is 24.3 Å². The van der Waals surface area contributed by atoms with E-state index < -0.39 is 6.04 Å². The van der Waals surface area contributed by atoms with Crippen molar-refractivity contribution >= 4 is 35.0 Å². The Kier molecular flexibility index (Phi) is 8.79. The van der Waals surface area contributed by atoms with Crippen molar-refractivity contribution in [2.24, 2.45) is 0 Å². The van der Waals surface area contributed by atoms with Crippen LogP contribution in [0.5, 0.6) is 0 Å². The van der Waals surface area contributed by atoms with Crippen LogP contribution in [0.25, 0.3) is 0 Å². The Hall–Kier alpha value is -2.04. The van der Waals surface area contributed by atoms with E-state index in [1.54, 1.807) is 23.1 Å². The molecular weight excluding hydrogens is 431 g/mol. The monoisotopic (exact) mass is 460 g/mol. The van der Waals surface area contributed by atoms with Crippen LogP contribution in [-0.4, -0.2) is 35.3 Å². The second-order valence-electron chi connectivity index (χ2n) is 8.11. The van der Waals surface area contributed by atoms with E-state index in [0.717, 1.165) is 31.2 Å². The van der Waals surface area contributed by atoms with Gasteiger partial charge in [0, 0.05) is 22.6 Å². The van der Waals surface area contributed by atoms with Crippen LogP contribution in [0.1, 0.15) is 50.2 Å². The summed E-state index contributed by atoms with van der Waals surface area (Å²) in [6.07, 6.45) is 5.60. The van der Waals surface area contributed by atoms with Gasteiger partial charge in [0.15, 0.2) is 0 Å². The van der Waals surface area contributed by atoms with Gasteiger partial charge in [-0.2, -0.15) is 0 Å². The summed E-state index contributed by atoms with van der Waals surface area (Å²) in [5, 5.41) is 4.10. The molecule has 4 nitrogen and oxygen atoms in total. The molecule has 2 aromatic carbocycles. The third-order valence-corrected chi connectivity index (χ3v) is 6.67. The number of rotatable bonds is 9. The SMILES string of the molecule is CC[C@H](C(=O)NC1CCCC1)N(CCc1ccccc1)C(=O)Cc1c(Cl)cccc1Cl. The molecule has 1 fully saturated rings. The number of benzene rings is 2. The zero-order valence-electron chi connectivity index (χ0n) is 17.9. The van der Waals surface area contributed by atoms with E-state index >= 15 is 0 Å². The van der Waals surface area contributed by atoms with Crippen molar-refractivity contribution in [3.63, 3.8) is 0 Å². The summed E-state index contributed by atoms with van der Waals surface area (Å²) in [4.78, 5) is 28.2. The lowest BCUT2D eigenvalue weighted by atomic mass is 10.1. The highest BCUT2D eigenvalue weighted by Crippen LogP contribution is 2.26. The van der Waals surface area contributed by atoms with Crippen LogP contribution in [0.2, 0.25) is 10.0 Å². The van der Waals surface area contributed by atoms with Gasteiger partial charge in [0.1, 0.15) is 6.04 Å². The molecule has 0 bridgehead atoms. The minimum Gasteiger partial charge on any atom is -0.352 e. The molecule has 166 valence electrons. The zero-order valence-corrected chi connectivity index (χ0v) is 19.5. The van der Waals surface area contributed by atoms with E-state index in [1.807, 2.05) is 37.3 Å². The van der Waals surface area contributed by atoms with E-state index in [9.17, 15) is 9.59 Å². The molecule has 2 amide bonds. The highest BCUT2D eigenvalue weighted by Gasteiger charge is 2.30. The van der Waals surface area contributed by atoms with Gasteiger partial charge >= 0.3 is 0 Å². The fourth-order valence-electron chi connectivity index (χ4n) is 4.22. The van der Waals surface area contributed by atoms with Crippen LogP contribution in [0.15, 0.2) is 48.5 Å². The minimum atomic E-state index is -0.516. The summed E-state index contributed by atoms with van der Waals surface area (Å²) in [6.45, 7) is 2.41. The van der Waals surface area contributed by atoms with Gasteiger partial charge in [-0.3, -0.25) is 9.59 Å². The second kappa shape index (κ2) is 11.5. The molecule has 1 aliphatic carbocycles. The summed E-state index contributed by atoms with van der Waals surface area (Å²) in [7, 11) is 0. The quantitative estimate of drug-likeness (QED) is 0.540. The highest BCUT2D eigenvalue weighted by molar-refractivity contribution is 6.36. The third-order valence-electron chi connectivity index (χ3n) is 5.96. The Morgan fingerprint density at radius 1 is 1.03 bits per heavy atom. The highest BCUT2D eigenvalue weighted by atomic mass is 35.5. The molecule has 0 aromatic heterocycles. The van der Waals surface area contributed by atoms with Gasteiger partial charge in [-0.05, 0) is 48.9 Å². The number of hydrogen-bond acceptors (Lipinski definition) is 2. The number of halogens is 2. The lowest BCUT2D eigenvalue weighted by molar-refractivity contribution is -0.140. The Morgan fingerprint density at radius 3 is 2.29 bits per heavy atom. The summed E-state index contributed by atoms with van der Waals surface area (Å²) in [6, 6.07) is 14.9. The Labute approximate surface area is 194 Å². The molecule has 0 radical (unpaired) electrons. The normalized spacial score (nSPS) is 14.9. The Balaban J connectivity index is 1.79. The zero-order chi connectivity index (χ0) is 22.2. The molecule has 0 unspecified atom stereocenters. The first-order valence-electron chi connectivity index (χ1n) is 11.1. The fourth-order valence-corrected chi connectivity index (χ4v) is 4.75. The van der Waals surface area contributed by atoms with Crippen molar-refractivity contribution in [3.8, 4) is 0 Å². The third kappa shape index (κ3) is 6.47. The molecule has 31 heavy (non-hydrogen) atoms. The fraction of sp³-hybridized carbons (Fsp3) is 0.440. The van der Waals surface area contributed by atoms with Crippen molar-refractivity contribution in [1.82, 2.24) is 10.2 Å². The first-order valence-corrected chi connectivity index (χ1v) is 11.8. The Bertz CT molecular complexity index is 862. The molecule has 0 heterocycles. The van der Waals surface area contributed by atoms with Gasteiger partial charge in [-0.1, -0.05) is 79.4 Å². The smallest absolute Gasteiger partial charge is 0.243 e. The standard InChI is InChI=1S/C25H30Cl2N2O2/c1-2-23(25(31)28-19-11-6-7-12-19)29(16-15-18-9-4-3-5-10-18)24(30)17-20-21(26)13-8-14-22(20)27/h3-5,8-10,13-14,19,23H,2,6-7,11-12,15-17H2,1H3,(H,28,31)/t23-/m1/s1. The van der Waals surface area contributed by atoms with Gasteiger partial charge in [0.25, 0.3) is 0 Å². The summed E-state index contributed by atoms with van der Waals surface area (Å²) < 4.78 is 0. The van der Waals surface area contributed by atoms with E-state index in [1.165, 1.54) is 0 Å². The van der Waals surface area contributed by atoms with E-state index in [4.69, 9.17) is 23.2 Å². The van der Waals surface area contributed by atoms with Crippen LogP contribution < -0.4 is 5.32 Å².